The van der Waals surface area contributed by atoms with E-state index in [4.69, 9.17) is 9.47 Å². The van der Waals surface area contributed by atoms with E-state index in [1.54, 1.807) is 14.2 Å². The molecule has 6 aromatic carbocycles. The maximum Gasteiger partial charge on any atom is 0.126 e. The first-order valence-electron chi connectivity index (χ1n) is 19.0. The van der Waals surface area contributed by atoms with Crippen LogP contribution in [0.25, 0.3) is 45.1 Å². The molecule has 0 aliphatic rings. The van der Waals surface area contributed by atoms with Crippen molar-refractivity contribution in [1.82, 2.24) is 4.57 Å². The van der Waals surface area contributed by atoms with E-state index in [9.17, 15) is 0 Å². The van der Waals surface area contributed by atoms with Gasteiger partial charge < -0.3 is 14.0 Å². The zero-order valence-electron chi connectivity index (χ0n) is 31.4. The summed E-state index contributed by atoms with van der Waals surface area (Å²) in [5.41, 5.74) is 11.5. The first kappa shape index (κ1) is 35.6. The second kappa shape index (κ2) is 16.7. The van der Waals surface area contributed by atoms with E-state index in [-0.39, 0.29) is 0 Å². The number of methoxy groups -OCH3 is 2. The van der Waals surface area contributed by atoms with Crippen LogP contribution in [0.15, 0.2) is 146 Å². The van der Waals surface area contributed by atoms with E-state index in [0.717, 1.165) is 46.7 Å². The summed E-state index contributed by atoms with van der Waals surface area (Å²) in [4.78, 5) is 0. The van der Waals surface area contributed by atoms with Crippen LogP contribution in [-0.4, -0.2) is 18.8 Å². The molecule has 3 nitrogen and oxygen atoms in total. The molecule has 1 heterocycles. The quantitative estimate of drug-likeness (QED) is 0.106. The van der Waals surface area contributed by atoms with Gasteiger partial charge >= 0.3 is 0 Å². The Hall–Kier alpha value is -5.80. The molecule has 1 atom stereocenters. The van der Waals surface area contributed by atoms with E-state index in [0.29, 0.717) is 5.92 Å². The normalized spacial score (nSPS) is 11.7. The number of hydrogen-bond donors (Lipinski definition) is 0. The zero-order chi connectivity index (χ0) is 36.6. The van der Waals surface area contributed by atoms with E-state index >= 15 is 0 Å². The molecule has 0 N–H and O–H groups in total. The molecule has 53 heavy (non-hydrogen) atoms. The topological polar surface area (TPSA) is 23.4 Å². The Balaban J connectivity index is 1.49. The van der Waals surface area contributed by atoms with E-state index in [2.05, 4.69) is 176 Å². The molecule has 266 valence electrons. The lowest BCUT2D eigenvalue weighted by atomic mass is 9.94. The number of nitrogens with zero attached hydrogens (tertiary/aromatic N) is 1. The highest BCUT2D eigenvalue weighted by molar-refractivity contribution is 6.11. The average Bonchev–Trinajstić information content (AvgIpc) is 3.51. The minimum Gasteiger partial charge on any atom is -0.496 e. The van der Waals surface area contributed by atoms with E-state index in [1.165, 1.54) is 63.3 Å². The molecular formula is C50H49NO2. The van der Waals surface area contributed by atoms with Crippen LogP contribution in [0.4, 0.5) is 0 Å². The molecule has 1 aromatic heterocycles. The lowest BCUT2D eigenvalue weighted by molar-refractivity contribution is 0.400. The Morgan fingerprint density at radius 3 is 1.25 bits per heavy atom. The van der Waals surface area contributed by atoms with Crippen LogP contribution in [0.3, 0.4) is 0 Å². The molecule has 0 bridgehead atoms. The number of aromatic nitrogens is 1. The highest BCUT2D eigenvalue weighted by Crippen LogP contribution is 2.41. The van der Waals surface area contributed by atoms with Crippen molar-refractivity contribution < 1.29 is 9.47 Å². The van der Waals surface area contributed by atoms with Crippen LogP contribution in [0.2, 0.25) is 0 Å². The van der Waals surface area contributed by atoms with Gasteiger partial charge in [0.1, 0.15) is 11.5 Å². The number of hydrogen-bond acceptors (Lipinski definition) is 2. The molecule has 0 aliphatic carbocycles. The monoisotopic (exact) mass is 695 g/mol. The van der Waals surface area contributed by atoms with Crippen molar-refractivity contribution in [1.29, 1.82) is 0 Å². The summed E-state index contributed by atoms with van der Waals surface area (Å²) < 4.78 is 14.9. The maximum absolute atomic E-state index is 6.18. The van der Waals surface area contributed by atoms with Crippen molar-refractivity contribution >= 4 is 45.1 Å². The molecule has 0 saturated carbocycles. The number of fused-ring (bicyclic) bond motifs is 3. The van der Waals surface area contributed by atoms with Crippen LogP contribution < -0.4 is 9.47 Å². The zero-order valence-corrected chi connectivity index (χ0v) is 31.4. The highest BCUT2D eigenvalue weighted by Gasteiger charge is 2.20. The second-order valence-electron chi connectivity index (χ2n) is 13.8. The Kier molecular flexibility index (Phi) is 11.2. The molecule has 0 unspecified atom stereocenters. The van der Waals surface area contributed by atoms with Gasteiger partial charge in [-0.25, -0.2) is 0 Å². The summed E-state index contributed by atoms with van der Waals surface area (Å²) in [6, 6.07) is 51.7. The number of ether oxygens (including phenoxy) is 2. The molecule has 7 rings (SSSR count). The SMILES string of the molecule is CCCC[C@@H](CC)Cn1c2cc(C=C(c3ccccc3)c3ccccc3)c(OC)cc2c2cc(OC)c(C=C(c3ccccc3)c3ccccc3)cc21. The molecule has 7 aromatic rings. The van der Waals surface area contributed by atoms with Gasteiger partial charge in [-0.3, -0.25) is 0 Å². The predicted molar refractivity (Wildman–Crippen MR) is 226 cm³/mol. The molecule has 0 radical (unpaired) electrons. The third-order valence-electron chi connectivity index (χ3n) is 10.5. The lowest BCUT2D eigenvalue weighted by Crippen LogP contribution is -2.10. The van der Waals surface area contributed by atoms with Gasteiger partial charge in [0.05, 0.1) is 14.2 Å². The molecule has 3 heteroatoms. The van der Waals surface area contributed by atoms with Crippen molar-refractivity contribution in [2.75, 3.05) is 14.2 Å². The molecule has 0 amide bonds. The van der Waals surface area contributed by atoms with Crippen molar-refractivity contribution in [3.05, 3.63) is 179 Å². The van der Waals surface area contributed by atoms with Gasteiger partial charge in [-0.05, 0) is 82.2 Å². The third kappa shape index (κ3) is 7.71. The average molecular weight is 696 g/mol. The minimum absolute atomic E-state index is 0.560. The Labute approximate surface area is 314 Å². The van der Waals surface area contributed by atoms with Gasteiger partial charge in [0.15, 0.2) is 0 Å². The van der Waals surface area contributed by atoms with Crippen molar-refractivity contribution in [3.8, 4) is 11.5 Å². The van der Waals surface area contributed by atoms with Gasteiger partial charge in [-0.2, -0.15) is 0 Å². The van der Waals surface area contributed by atoms with Gasteiger partial charge in [-0.1, -0.05) is 154 Å². The molecule has 0 saturated heterocycles. The van der Waals surface area contributed by atoms with Crippen LogP contribution in [0, 0.1) is 5.92 Å². The van der Waals surface area contributed by atoms with Gasteiger partial charge in [-0.15, -0.1) is 0 Å². The summed E-state index contributed by atoms with van der Waals surface area (Å²) in [5.74, 6) is 2.25. The summed E-state index contributed by atoms with van der Waals surface area (Å²) in [5, 5.41) is 2.33. The van der Waals surface area contributed by atoms with Crippen LogP contribution >= 0.6 is 0 Å². The maximum atomic E-state index is 6.18. The standard InChI is InChI=1S/C50H49NO2/c1-5-7-20-36(6-2)35-51-47-31-41(29-43(37-21-12-8-13-22-37)38-23-14-9-15-24-38)49(52-3)33-45(47)46-34-50(53-4)42(32-48(46)51)30-44(39-25-16-10-17-26-39)40-27-18-11-19-28-40/h8-19,21-34,36H,5-7,20,35H2,1-4H3/t36-/m1/s1. The molecule has 0 fully saturated rings. The highest BCUT2D eigenvalue weighted by atomic mass is 16.5. The molecule has 0 aliphatic heterocycles. The fraction of sp³-hybridized carbons (Fsp3) is 0.200. The smallest absolute Gasteiger partial charge is 0.126 e. The summed E-state index contributed by atoms with van der Waals surface area (Å²) in [7, 11) is 3.55. The van der Waals surface area contributed by atoms with Gasteiger partial charge in [0, 0.05) is 39.5 Å². The third-order valence-corrected chi connectivity index (χ3v) is 10.5. The Morgan fingerprint density at radius 2 is 0.925 bits per heavy atom. The van der Waals surface area contributed by atoms with E-state index in [1.807, 2.05) is 0 Å². The van der Waals surface area contributed by atoms with Crippen LogP contribution in [0.5, 0.6) is 11.5 Å². The first-order chi connectivity index (χ1) is 26.1. The Bertz CT molecular complexity index is 2090. The fourth-order valence-corrected chi connectivity index (χ4v) is 7.58. The predicted octanol–water partition coefficient (Wildman–Crippen LogP) is 13.2. The number of unbranched alkanes of at least 4 members (excludes halogenated alkanes) is 1. The minimum atomic E-state index is 0.560. The van der Waals surface area contributed by atoms with Gasteiger partial charge in [0.25, 0.3) is 0 Å². The number of rotatable bonds is 14. The van der Waals surface area contributed by atoms with Crippen molar-refractivity contribution in [2.45, 2.75) is 46.1 Å². The lowest BCUT2D eigenvalue weighted by Gasteiger charge is -2.18. The van der Waals surface area contributed by atoms with Crippen molar-refractivity contribution in [2.24, 2.45) is 5.92 Å². The van der Waals surface area contributed by atoms with Crippen molar-refractivity contribution in [3.63, 3.8) is 0 Å². The van der Waals surface area contributed by atoms with Crippen LogP contribution in [-0.2, 0) is 6.54 Å². The fourth-order valence-electron chi connectivity index (χ4n) is 7.58. The van der Waals surface area contributed by atoms with E-state index < -0.39 is 0 Å². The second-order valence-corrected chi connectivity index (χ2v) is 13.8. The summed E-state index contributed by atoms with van der Waals surface area (Å²) in [6.07, 6.45) is 9.35. The molecular weight excluding hydrogens is 647 g/mol. The summed E-state index contributed by atoms with van der Waals surface area (Å²) in [6.45, 7) is 5.56. The first-order valence-corrected chi connectivity index (χ1v) is 19.0. The molecule has 0 spiro atoms. The van der Waals surface area contributed by atoms with Gasteiger partial charge in [0.2, 0.25) is 0 Å². The van der Waals surface area contributed by atoms with Crippen LogP contribution in [0.1, 0.15) is 72.9 Å². The number of benzene rings is 6. The summed E-state index contributed by atoms with van der Waals surface area (Å²) >= 11 is 0. The largest absolute Gasteiger partial charge is 0.496 e. The Morgan fingerprint density at radius 1 is 0.547 bits per heavy atom.